The van der Waals surface area contributed by atoms with Gasteiger partial charge in [-0.05, 0) is 31.4 Å². The van der Waals surface area contributed by atoms with E-state index in [4.69, 9.17) is 4.98 Å². The van der Waals surface area contributed by atoms with Crippen LogP contribution in [-0.4, -0.2) is 59.4 Å². The fourth-order valence-electron chi connectivity index (χ4n) is 4.21. The Morgan fingerprint density at radius 3 is 2.74 bits per heavy atom. The van der Waals surface area contributed by atoms with Crippen LogP contribution in [0.1, 0.15) is 36.5 Å². The summed E-state index contributed by atoms with van der Waals surface area (Å²) >= 11 is 1.72. The van der Waals surface area contributed by atoms with E-state index in [0.29, 0.717) is 6.54 Å². The molecule has 1 aliphatic carbocycles. The fourth-order valence-corrected chi connectivity index (χ4v) is 5.45. The van der Waals surface area contributed by atoms with Gasteiger partial charge in [0, 0.05) is 67.7 Å². The molecule has 31 heavy (non-hydrogen) atoms. The minimum Gasteiger partial charge on any atom is -0.355 e. The lowest BCUT2D eigenvalue weighted by molar-refractivity contribution is -0.134. The van der Waals surface area contributed by atoms with E-state index in [2.05, 4.69) is 15.2 Å². The van der Waals surface area contributed by atoms with Gasteiger partial charge in [0.15, 0.2) is 5.13 Å². The first-order valence-corrected chi connectivity index (χ1v) is 12.0. The molecule has 0 saturated carbocycles. The Labute approximate surface area is 187 Å². The Hall–Kier alpha value is -2.48. The summed E-state index contributed by atoms with van der Waals surface area (Å²) in [6.07, 6.45) is 5.01. The predicted octanol–water partition coefficient (Wildman–Crippen LogP) is 2.31. The van der Waals surface area contributed by atoms with E-state index in [-0.39, 0.29) is 23.7 Å². The van der Waals surface area contributed by atoms with E-state index in [9.17, 15) is 9.59 Å². The molecular weight excluding hydrogens is 410 g/mol. The summed E-state index contributed by atoms with van der Waals surface area (Å²) in [5.74, 6) is 0.433. The number of fused-ring (bicyclic) bond motifs is 1. The number of carbonyl (C=O) groups excluding carboxylic acids is 2. The van der Waals surface area contributed by atoms with E-state index >= 15 is 0 Å². The van der Waals surface area contributed by atoms with Crippen molar-refractivity contribution in [1.82, 2.24) is 20.2 Å². The van der Waals surface area contributed by atoms with Gasteiger partial charge in [-0.25, -0.2) is 4.98 Å². The SMILES string of the molecule is CC(C)C(=O)N1CCN(c2nc3c(s2)CC(C(=O)NCCc2ccccn2)CC3)CC1. The number of aromatic nitrogens is 2. The molecule has 7 nitrogen and oxygen atoms in total. The van der Waals surface area contributed by atoms with Gasteiger partial charge in [-0.2, -0.15) is 0 Å². The third kappa shape index (κ3) is 5.23. The van der Waals surface area contributed by atoms with Crippen LogP contribution in [0.15, 0.2) is 24.4 Å². The first-order chi connectivity index (χ1) is 15.0. The molecule has 1 atom stereocenters. The summed E-state index contributed by atoms with van der Waals surface area (Å²) in [7, 11) is 0. The van der Waals surface area contributed by atoms with Crippen molar-refractivity contribution in [3.63, 3.8) is 0 Å². The molecule has 1 fully saturated rings. The molecule has 1 aliphatic heterocycles. The zero-order valence-electron chi connectivity index (χ0n) is 18.3. The molecule has 0 spiro atoms. The van der Waals surface area contributed by atoms with Gasteiger partial charge in [-0.15, -0.1) is 11.3 Å². The lowest BCUT2D eigenvalue weighted by Gasteiger charge is -2.35. The molecule has 4 rings (SSSR count). The van der Waals surface area contributed by atoms with Crippen molar-refractivity contribution in [2.75, 3.05) is 37.6 Å². The monoisotopic (exact) mass is 441 g/mol. The topological polar surface area (TPSA) is 78.4 Å². The third-order valence-electron chi connectivity index (χ3n) is 6.06. The molecule has 3 heterocycles. The van der Waals surface area contributed by atoms with Crippen LogP contribution < -0.4 is 10.2 Å². The number of rotatable bonds is 6. The number of nitrogens with one attached hydrogen (secondary N) is 1. The van der Waals surface area contributed by atoms with Crippen molar-refractivity contribution < 1.29 is 9.59 Å². The van der Waals surface area contributed by atoms with Crippen LogP contribution in [0.4, 0.5) is 5.13 Å². The summed E-state index contributed by atoms with van der Waals surface area (Å²) < 4.78 is 0. The number of anilines is 1. The van der Waals surface area contributed by atoms with E-state index in [0.717, 1.165) is 68.4 Å². The van der Waals surface area contributed by atoms with Crippen LogP contribution in [0.5, 0.6) is 0 Å². The normalized spacial score (nSPS) is 18.7. The Morgan fingerprint density at radius 2 is 2.03 bits per heavy atom. The van der Waals surface area contributed by atoms with Crippen molar-refractivity contribution in [2.45, 2.75) is 39.5 Å². The van der Waals surface area contributed by atoms with E-state index in [1.807, 2.05) is 36.9 Å². The van der Waals surface area contributed by atoms with Gasteiger partial charge in [0.25, 0.3) is 0 Å². The average Bonchev–Trinajstić information content (AvgIpc) is 3.22. The molecule has 0 radical (unpaired) electrons. The van der Waals surface area contributed by atoms with Crippen LogP contribution >= 0.6 is 11.3 Å². The maximum Gasteiger partial charge on any atom is 0.225 e. The molecule has 1 N–H and O–H groups in total. The van der Waals surface area contributed by atoms with Crippen molar-refractivity contribution in [3.8, 4) is 0 Å². The maximum atomic E-state index is 12.7. The molecule has 0 aromatic carbocycles. The average molecular weight is 442 g/mol. The number of hydrogen-bond donors (Lipinski definition) is 1. The lowest BCUT2D eigenvalue weighted by atomic mass is 9.90. The molecule has 2 amide bonds. The predicted molar refractivity (Wildman–Crippen MR) is 122 cm³/mol. The van der Waals surface area contributed by atoms with Crippen LogP contribution in [-0.2, 0) is 28.9 Å². The van der Waals surface area contributed by atoms with Gasteiger partial charge < -0.3 is 15.1 Å². The Balaban J connectivity index is 1.28. The van der Waals surface area contributed by atoms with Crippen LogP contribution in [0.3, 0.4) is 0 Å². The molecule has 1 unspecified atom stereocenters. The van der Waals surface area contributed by atoms with Crippen molar-refractivity contribution in [3.05, 3.63) is 40.7 Å². The van der Waals surface area contributed by atoms with Crippen LogP contribution in [0, 0.1) is 11.8 Å². The number of piperazine rings is 1. The fraction of sp³-hybridized carbons (Fsp3) is 0.565. The summed E-state index contributed by atoms with van der Waals surface area (Å²) in [5, 5.41) is 4.12. The molecule has 0 bridgehead atoms. The van der Waals surface area contributed by atoms with Crippen molar-refractivity contribution >= 4 is 28.3 Å². The minimum atomic E-state index is 0.0186. The highest BCUT2D eigenvalue weighted by Crippen LogP contribution is 2.34. The van der Waals surface area contributed by atoms with Gasteiger partial charge in [-0.1, -0.05) is 19.9 Å². The first kappa shape index (κ1) is 21.7. The first-order valence-electron chi connectivity index (χ1n) is 11.2. The summed E-state index contributed by atoms with van der Waals surface area (Å²) in [5.41, 5.74) is 2.15. The molecule has 2 aromatic rings. The summed E-state index contributed by atoms with van der Waals surface area (Å²) in [6, 6.07) is 5.85. The number of nitrogens with zero attached hydrogens (tertiary/aromatic N) is 4. The zero-order chi connectivity index (χ0) is 21.8. The molecule has 2 aliphatic rings. The molecule has 8 heteroatoms. The van der Waals surface area contributed by atoms with E-state index in [1.165, 1.54) is 4.88 Å². The number of pyridine rings is 1. The quantitative estimate of drug-likeness (QED) is 0.744. The second-order valence-corrected chi connectivity index (χ2v) is 9.70. The highest BCUT2D eigenvalue weighted by Gasteiger charge is 2.30. The highest BCUT2D eigenvalue weighted by molar-refractivity contribution is 7.15. The Bertz CT molecular complexity index is 906. The Morgan fingerprint density at radius 1 is 1.23 bits per heavy atom. The molecular formula is C23H31N5O2S. The number of amides is 2. The molecule has 166 valence electrons. The summed E-state index contributed by atoms with van der Waals surface area (Å²) in [4.78, 5) is 39.5. The van der Waals surface area contributed by atoms with Crippen molar-refractivity contribution in [1.29, 1.82) is 0 Å². The highest BCUT2D eigenvalue weighted by atomic mass is 32.1. The minimum absolute atomic E-state index is 0.0186. The van der Waals surface area contributed by atoms with E-state index < -0.39 is 0 Å². The second kappa shape index (κ2) is 9.77. The number of carbonyl (C=O) groups is 2. The number of aryl methyl sites for hydroxylation is 1. The van der Waals surface area contributed by atoms with Gasteiger partial charge >= 0.3 is 0 Å². The number of hydrogen-bond acceptors (Lipinski definition) is 6. The van der Waals surface area contributed by atoms with Gasteiger partial charge in [-0.3, -0.25) is 14.6 Å². The van der Waals surface area contributed by atoms with Gasteiger partial charge in [0.2, 0.25) is 11.8 Å². The third-order valence-corrected chi connectivity index (χ3v) is 7.24. The van der Waals surface area contributed by atoms with E-state index in [1.54, 1.807) is 17.5 Å². The van der Waals surface area contributed by atoms with Crippen LogP contribution in [0.2, 0.25) is 0 Å². The van der Waals surface area contributed by atoms with Gasteiger partial charge in [0.1, 0.15) is 0 Å². The lowest BCUT2D eigenvalue weighted by Crippen LogP contribution is -2.49. The molecule has 1 saturated heterocycles. The smallest absolute Gasteiger partial charge is 0.225 e. The van der Waals surface area contributed by atoms with Crippen LogP contribution in [0.25, 0.3) is 0 Å². The Kier molecular flexibility index (Phi) is 6.85. The van der Waals surface area contributed by atoms with Gasteiger partial charge in [0.05, 0.1) is 5.69 Å². The second-order valence-electron chi connectivity index (χ2n) is 8.64. The number of thiazole rings is 1. The maximum absolute atomic E-state index is 12.7. The zero-order valence-corrected chi connectivity index (χ0v) is 19.2. The standard InChI is InChI=1S/C23H31N5O2S/c1-16(2)22(30)27-11-13-28(14-12-27)23-26-19-7-6-17(15-20(19)31-23)21(29)25-10-8-18-5-3-4-9-24-18/h3-5,9,16-17H,6-8,10-15H2,1-2H3,(H,25,29). The van der Waals surface area contributed by atoms with Crippen molar-refractivity contribution in [2.24, 2.45) is 11.8 Å². The summed E-state index contributed by atoms with van der Waals surface area (Å²) in [6.45, 7) is 7.67. The largest absolute Gasteiger partial charge is 0.355 e. The molecule has 2 aromatic heterocycles.